The maximum Gasteiger partial charge on any atom is 0.317 e. The number of carbonyl (C=O) groups excluding carboxylic acids is 1. The van der Waals surface area contributed by atoms with Gasteiger partial charge in [0, 0.05) is 56.2 Å². The number of hydrazine groups is 1. The quantitative estimate of drug-likeness (QED) is 0.640. The minimum absolute atomic E-state index is 0.141. The molecule has 6 rings (SSSR count). The Balaban J connectivity index is 1.09. The number of amides is 2. The van der Waals surface area contributed by atoms with Crippen molar-refractivity contribution in [3.8, 4) is 0 Å². The van der Waals surface area contributed by atoms with Crippen molar-refractivity contribution in [2.45, 2.75) is 56.8 Å². The molecule has 0 bridgehead atoms. The van der Waals surface area contributed by atoms with Crippen LogP contribution in [0.25, 0.3) is 0 Å². The molecule has 3 saturated heterocycles. The van der Waals surface area contributed by atoms with Crippen LogP contribution in [0.5, 0.6) is 0 Å². The van der Waals surface area contributed by atoms with E-state index in [0.717, 1.165) is 57.6 Å². The Morgan fingerprint density at radius 3 is 2.79 bits per heavy atom. The van der Waals surface area contributed by atoms with Crippen molar-refractivity contribution >= 4 is 6.03 Å². The number of urea groups is 1. The van der Waals surface area contributed by atoms with Crippen molar-refractivity contribution in [3.05, 3.63) is 65.5 Å². The molecular formula is C27H36N6O. The maximum atomic E-state index is 13.1. The zero-order valence-corrected chi connectivity index (χ0v) is 20.0. The van der Waals surface area contributed by atoms with Crippen LogP contribution in [0.15, 0.2) is 48.7 Å². The zero-order chi connectivity index (χ0) is 23.1. The van der Waals surface area contributed by atoms with Crippen molar-refractivity contribution in [2.24, 2.45) is 11.8 Å². The molecule has 3 N–H and O–H groups in total. The average Bonchev–Trinajstić information content (AvgIpc) is 3.48. The number of rotatable bonds is 5. The van der Waals surface area contributed by atoms with E-state index in [9.17, 15) is 4.79 Å². The molecule has 4 aliphatic rings. The molecule has 180 valence electrons. The number of nitrogens with one attached hydrogen (secondary N) is 3. The van der Waals surface area contributed by atoms with Gasteiger partial charge in [-0.3, -0.25) is 10.4 Å². The number of likely N-dealkylation sites (tertiary alicyclic amines) is 1. The Morgan fingerprint density at radius 1 is 1.06 bits per heavy atom. The number of aryl methyl sites for hydroxylation is 1. The third kappa shape index (κ3) is 4.32. The summed E-state index contributed by atoms with van der Waals surface area (Å²) in [5.41, 5.74) is 10.8. The highest BCUT2D eigenvalue weighted by Gasteiger charge is 2.48. The molecule has 3 aliphatic heterocycles. The number of nitrogens with zero attached hydrogens (tertiary/aromatic N) is 3. The predicted molar refractivity (Wildman–Crippen MR) is 132 cm³/mol. The van der Waals surface area contributed by atoms with E-state index in [1.807, 2.05) is 6.20 Å². The maximum absolute atomic E-state index is 13.1. The molecule has 1 saturated carbocycles. The van der Waals surface area contributed by atoms with E-state index in [4.69, 9.17) is 0 Å². The summed E-state index contributed by atoms with van der Waals surface area (Å²) in [5, 5.41) is 3.39. The second-order valence-corrected chi connectivity index (χ2v) is 10.7. The third-order valence-corrected chi connectivity index (χ3v) is 8.55. The standard InChI is InChI=1S/C27H36N6O/c1-18-13-20(7-10-28-18)26-23-14-21-16-33(27(34)29-24(21)15-25(23)30-31-26)22-9-12-32(17-22)11-8-19-5-3-2-4-6-19/h2-7,10,13,21-26,30-31H,8-9,11-12,14-17H2,1H3,(H,29,34)/t21?,22-,23?,24?,25?,26?/m1/s1. The van der Waals surface area contributed by atoms with E-state index < -0.39 is 0 Å². The first-order chi connectivity index (χ1) is 16.6. The number of carbonyl (C=O) groups is 1. The third-order valence-electron chi connectivity index (χ3n) is 8.55. The molecule has 2 aromatic rings. The number of benzene rings is 1. The first-order valence-electron chi connectivity index (χ1n) is 12.9. The molecule has 7 heteroatoms. The lowest BCUT2D eigenvalue weighted by molar-refractivity contribution is 0.0814. The van der Waals surface area contributed by atoms with Crippen molar-refractivity contribution in [2.75, 3.05) is 26.2 Å². The van der Waals surface area contributed by atoms with E-state index in [-0.39, 0.29) is 12.1 Å². The average molecular weight is 461 g/mol. The Morgan fingerprint density at radius 2 is 1.94 bits per heavy atom. The van der Waals surface area contributed by atoms with Gasteiger partial charge in [-0.2, -0.15) is 0 Å². The Kier molecular flexibility index (Phi) is 6.01. The van der Waals surface area contributed by atoms with Crippen LogP contribution >= 0.6 is 0 Å². The summed E-state index contributed by atoms with van der Waals surface area (Å²) in [6.45, 7) is 6.08. The van der Waals surface area contributed by atoms with Crippen LogP contribution < -0.4 is 16.2 Å². The van der Waals surface area contributed by atoms with Crippen LogP contribution in [0.2, 0.25) is 0 Å². The van der Waals surface area contributed by atoms with Gasteiger partial charge in [0.1, 0.15) is 0 Å². The van der Waals surface area contributed by atoms with Crippen LogP contribution in [0.1, 0.15) is 42.1 Å². The minimum atomic E-state index is 0.141. The highest BCUT2D eigenvalue weighted by Crippen LogP contribution is 2.42. The molecule has 5 unspecified atom stereocenters. The number of hydrogen-bond acceptors (Lipinski definition) is 5. The van der Waals surface area contributed by atoms with Crippen LogP contribution in [-0.4, -0.2) is 65.1 Å². The number of pyridine rings is 1. The molecule has 1 aliphatic carbocycles. The van der Waals surface area contributed by atoms with Gasteiger partial charge < -0.3 is 15.1 Å². The van der Waals surface area contributed by atoms with Crippen LogP contribution in [0, 0.1) is 18.8 Å². The molecule has 7 nitrogen and oxygen atoms in total. The monoisotopic (exact) mass is 460 g/mol. The van der Waals surface area contributed by atoms with Crippen LogP contribution in [-0.2, 0) is 6.42 Å². The van der Waals surface area contributed by atoms with Crippen molar-refractivity contribution in [1.29, 1.82) is 0 Å². The number of hydrogen-bond donors (Lipinski definition) is 3. The molecule has 34 heavy (non-hydrogen) atoms. The molecular weight excluding hydrogens is 424 g/mol. The van der Waals surface area contributed by atoms with Gasteiger partial charge in [0.15, 0.2) is 0 Å². The Labute approximate surface area is 202 Å². The number of aromatic nitrogens is 1. The molecule has 1 aromatic heterocycles. The van der Waals surface area contributed by atoms with Crippen molar-refractivity contribution < 1.29 is 4.79 Å². The smallest absolute Gasteiger partial charge is 0.317 e. The van der Waals surface area contributed by atoms with Gasteiger partial charge in [-0.1, -0.05) is 30.3 Å². The summed E-state index contributed by atoms with van der Waals surface area (Å²) in [7, 11) is 0. The van der Waals surface area contributed by atoms with Gasteiger partial charge in [0.25, 0.3) is 0 Å². The fraction of sp³-hybridized carbons (Fsp3) is 0.556. The topological polar surface area (TPSA) is 72.5 Å². The lowest BCUT2D eigenvalue weighted by Gasteiger charge is -2.47. The van der Waals surface area contributed by atoms with Gasteiger partial charge in [-0.25, -0.2) is 10.2 Å². The first-order valence-corrected chi connectivity index (χ1v) is 12.9. The zero-order valence-electron chi connectivity index (χ0n) is 20.0. The van der Waals surface area contributed by atoms with E-state index in [0.29, 0.717) is 30.0 Å². The summed E-state index contributed by atoms with van der Waals surface area (Å²) in [5.74, 6) is 1.04. The van der Waals surface area contributed by atoms with Gasteiger partial charge in [0.05, 0.1) is 6.04 Å². The SMILES string of the molecule is Cc1cc(C2NNC3CC4NC(=O)N([C@@H]5CCN(CCc6ccccc6)C5)CC4CC32)ccn1. The number of fused-ring (bicyclic) bond motifs is 2. The molecule has 6 atom stereocenters. The highest BCUT2D eigenvalue weighted by atomic mass is 16.2. The Bertz CT molecular complexity index is 1020. The highest BCUT2D eigenvalue weighted by molar-refractivity contribution is 5.76. The molecule has 0 radical (unpaired) electrons. The molecule has 4 fully saturated rings. The van der Waals surface area contributed by atoms with Gasteiger partial charge >= 0.3 is 6.03 Å². The summed E-state index contributed by atoms with van der Waals surface area (Å²) in [4.78, 5) is 22.2. The van der Waals surface area contributed by atoms with E-state index in [1.165, 1.54) is 11.1 Å². The lowest BCUT2D eigenvalue weighted by atomic mass is 9.71. The van der Waals surface area contributed by atoms with E-state index in [1.54, 1.807) is 0 Å². The molecule has 0 spiro atoms. The fourth-order valence-electron chi connectivity index (χ4n) is 6.72. The van der Waals surface area contributed by atoms with Crippen molar-refractivity contribution in [3.63, 3.8) is 0 Å². The molecule has 4 heterocycles. The summed E-state index contributed by atoms with van der Waals surface area (Å²) >= 11 is 0. The normalized spacial score (nSPS) is 33.4. The van der Waals surface area contributed by atoms with Crippen LogP contribution in [0.4, 0.5) is 4.79 Å². The van der Waals surface area contributed by atoms with E-state index >= 15 is 0 Å². The second kappa shape index (κ2) is 9.29. The van der Waals surface area contributed by atoms with Gasteiger partial charge in [-0.15, -0.1) is 0 Å². The fourth-order valence-corrected chi connectivity index (χ4v) is 6.72. The molecule has 2 amide bonds. The summed E-state index contributed by atoms with van der Waals surface area (Å²) in [6, 6.07) is 16.5. The summed E-state index contributed by atoms with van der Waals surface area (Å²) in [6.07, 6.45) is 6.19. The van der Waals surface area contributed by atoms with E-state index in [2.05, 4.69) is 80.3 Å². The summed E-state index contributed by atoms with van der Waals surface area (Å²) < 4.78 is 0. The molecule has 1 aromatic carbocycles. The van der Waals surface area contributed by atoms with Gasteiger partial charge in [-0.05, 0) is 67.7 Å². The predicted octanol–water partition coefficient (Wildman–Crippen LogP) is 2.64. The lowest BCUT2D eigenvalue weighted by Crippen LogP contribution is -2.63. The van der Waals surface area contributed by atoms with Crippen molar-refractivity contribution in [1.82, 2.24) is 31.0 Å². The largest absolute Gasteiger partial charge is 0.335 e. The van der Waals surface area contributed by atoms with Crippen LogP contribution in [0.3, 0.4) is 0 Å². The second-order valence-electron chi connectivity index (χ2n) is 10.7. The first kappa shape index (κ1) is 22.0. The van der Waals surface area contributed by atoms with Gasteiger partial charge in [0.2, 0.25) is 0 Å². The Hall–Kier alpha value is -2.48. The minimum Gasteiger partial charge on any atom is -0.335 e.